The van der Waals surface area contributed by atoms with Crippen molar-refractivity contribution in [3.8, 4) is 11.1 Å². The summed E-state index contributed by atoms with van der Waals surface area (Å²) in [4.78, 5) is 5.67. The van der Waals surface area contributed by atoms with Gasteiger partial charge >= 0.3 is 0 Å². The molecule has 1 atom stereocenters. The normalized spacial score (nSPS) is 17.1. The molecule has 1 aliphatic carbocycles. The molecule has 224 valence electrons. The monoisotopic (exact) mass is 611 g/mol. The molecule has 1 aliphatic heterocycles. The highest BCUT2D eigenvalue weighted by Crippen LogP contribution is 2.52. The topological polar surface area (TPSA) is 21.7 Å². The van der Waals surface area contributed by atoms with Gasteiger partial charge in [0.25, 0.3) is 0 Å². The molecule has 1 unspecified atom stereocenters. The number of fused-ring (bicyclic) bond motifs is 14. The van der Waals surface area contributed by atoms with Gasteiger partial charge < -0.3 is 4.40 Å². The summed E-state index contributed by atoms with van der Waals surface area (Å²) in [6.07, 6.45) is 3.12. The minimum atomic E-state index is 0.405. The lowest BCUT2D eigenvalue weighted by Gasteiger charge is -2.21. The average molecular weight is 612 g/mol. The van der Waals surface area contributed by atoms with Crippen LogP contribution < -0.4 is 0 Å². The highest BCUT2D eigenvalue weighted by atomic mass is 15.1. The van der Waals surface area contributed by atoms with E-state index in [1.165, 1.54) is 92.9 Å². The van der Waals surface area contributed by atoms with Crippen molar-refractivity contribution in [2.45, 2.75) is 25.2 Å². The van der Waals surface area contributed by atoms with Crippen LogP contribution in [-0.2, 0) is 0 Å². The highest BCUT2D eigenvalue weighted by molar-refractivity contribution is 6.37. The van der Waals surface area contributed by atoms with E-state index in [-0.39, 0.29) is 0 Å². The maximum Gasteiger partial charge on any atom is 0.114 e. The Bertz CT molecular complexity index is 3040. The predicted octanol–water partition coefficient (Wildman–Crippen LogP) is 12.0. The van der Waals surface area contributed by atoms with Crippen LogP contribution in [0.25, 0.3) is 81.8 Å². The molecular formula is C45H29N3. The number of aliphatic imine (C=N–C) groups is 1. The highest BCUT2D eigenvalue weighted by Gasteiger charge is 2.32. The second-order valence-corrected chi connectivity index (χ2v) is 13.8. The van der Waals surface area contributed by atoms with Crippen LogP contribution in [0.5, 0.6) is 0 Å². The second kappa shape index (κ2) is 8.90. The Kier molecular flexibility index (Phi) is 4.67. The summed E-state index contributed by atoms with van der Waals surface area (Å²) < 4.78 is 5.03. The van der Waals surface area contributed by atoms with Crippen LogP contribution in [0.2, 0.25) is 0 Å². The molecule has 3 heteroatoms. The molecule has 12 rings (SSSR count). The van der Waals surface area contributed by atoms with Crippen LogP contribution in [0, 0.1) is 0 Å². The SMILES string of the molecule is c1ccc2c(c1)-c1cccc3c1C2CCC/C(n1c2cc4ccccc4cc2c2c4c5ccccc5n5c6ccccc6c(cc21)c45)=N\3. The zero-order chi connectivity index (χ0) is 31.1. The smallest absolute Gasteiger partial charge is 0.114 e. The minimum Gasteiger partial charge on any atom is -0.308 e. The van der Waals surface area contributed by atoms with Crippen molar-refractivity contribution in [1.82, 2.24) is 8.97 Å². The number of hydrogen-bond acceptors (Lipinski definition) is 1. The Morgan fingerprint density at radius 3 is 2.17 bits per heavy atom. The first kappa shape index (κ1) is 25.2. The largest absolute Gasteiger partial charge is 0.308 e. The van der Waals surface area contributed by atoms with Gasteiger partial charge in [-0.25, -0.2) is 4.99 Å². The third kappa shape index (κ3) is 3.03. The number of hydrogen-bond donors (Lipinski definition) is 0. The predicted molar refractivity (Wildman–Crippen MR) is 202 cm³/mol. The summed E-state index contributed by atoms with van der Waals surface area (Å²) in [5, 5.41) is 10.4. The Morgan fingerprint density at radius 1 is 0.542 bits per heavy atom. The van der Waals surface area contributed by atoms with Gasteiger partial charge in [-0.3, -0.25) is 4.57 Å². The van der Waals surface area contributed by atoms with E-state index in [9.17, 15) is 0 Å². The van der Waals surface area contributed by atoms with E-state index in [1.807, 2.05) is 0 Å². The molecule has 3 aromatic heterocycles. The summed E-state index contributed by atoms with van der Waals surface area (Å²) in [6, 6.07) is 49.7. The molecule has 2 aliphatic rings. The molecule has 0 N–H and O–H groups in total. The van der Waals surface area contributed by atoms with E-state index in [2.05, 4.69) is 142 Å². The molecule has 0 spiro atoms. The Morgan fingerprint density at radius 2 is 1.27 bits per heavy atom. The van der Waals surface area contributed by atoms with Gasteiger partial charge in [-0.15, -0.1) is 0 Å². The van der Waals surface area contributed by atoms with Crippen LogP contribution in [0.15, 0.2) is 138 Å². The fraction of sp³-hybridized carbons (Fsp3) is 0.0889. The molecule has 0 fully saturated rings. The second-order valence-electron chi connectivity index (χ2n) is 13.8. The van der Waals surface area contributed by atoms with Gasteiger partial charge in [0.15, 0.2) is 0 Å². The van der Waals surface area contributed by atoms with Crippen LogP contribution in [0.4, 0.5) is 5.69 Å². The van der Waals surface area contributed by atoms with Gasteiger partial charge in [0.2, 0.25) is 0 Å². The molecule has 48 heavy (non-hydrogen) atoms. The van der Waals surface area contributed by atoms with Gasteiger partial charge in [-0.2, -0.15) is 0 Å². The van der Waals surface area contributed by atoms with Crippen LogP contribution in [-0.4, -0.2) is 14.8 Å². The number of nitrogens with zero attached hydrogens (tertiary/aromatic N) is 3. The zero-order valence-electron chi connectivity index (χ0n) is 26.2. The first-order chi connectivity index (χ1) is 23.8. The van der Waals surface area contributed by atoms with E-state index < -0.39 is 0 Å². The summed E-state index contributed by atoms with van der Waals surface area (Å²) in [6.45, 7) is 0. The minimum absolute atomic E-state index is 0.405. The zero-order valence-corrected chi connectivity index (χ0v) is 26.2. The third-order valence-corrected chi connectivity index (χ3v) is 11.4. The summed E-state index contributed by atoms with van der Waals surface area (Å²) in [5.41, 5.74) is 13.0. The maximum absolute atomic E-state index is 5.67. The first-order valence-electron chi connectivity index (χ1n) is 17.2. The van der Waals surface area contributed by atoms with E-state index in [1.54, 1.807) is 0 Å². The quantitative estimate of drug-likeness (QED) is 0.163. The Hall–Kier alpha value is -5.93. The van der Waals surface area contributed by atoms with Crippen molar-refractivity contribution >= 4 is 82.2 Å². The molecule has 3 nitrogen and oxygen atoms in total. The third-order valence-electron chi connectivity index (χ3n) is 11.4. The van der Waals surface area contributed by atoms with E-state index in [4.69, 9.17) is 4.99 Å². The Labute approximate surface area is 276 Å². The number of rotatable bonds is 0. The maximum atomic E-state index is 5.67. The molecule has 10 aromatic rings. The lowest BCUT2D eigenvalue weighted by molar-refractivity contribution is 0.680. The van der Waals surface area contributed by atoms with Crippen LogP contribution >= 0.6 is 0 Å². The van der Waals surface area contributed by atoms with Crippen molar-refractivity contribution in [3.63, 3.8) is 0 Å². The number of aromatic nitrogens is 2. The summed E-state index contributed by atoms with van der Waals surface area (Å²) in [5.74, 6) is 1.54. The lowest BCUT2D eigenvalue weighted by Crippen LogP contribution is -2.14. The van der Waals surface area contributed by atoms with Crippen molar-refractivity contribution < 1.29 is 0 Å². The summed E-state index contributed by atoms with van der Waals surface area (Å²) in [7, 11) is 0. The van der Waals surface area contributed by atoms with Gasteiger partial charge in [0.05, 0.1) is 33.3 Å². The fourth-order valence-corrected chi connectivity index (χ4v) is 9.55. The van der Waals surface area contributed by atoms with Crippen molar-refractivity contribution in [3.05, 3.63) is 145 Å². The molecule has 0 saturated heterocycles. The van der Waals surface area contributed by atoms with E-state index in [0.717, 1.165) is 30.8 Å². The average Bonchev–Trinajstić information content (AvgIpc) is 3.83. The van der Waals surface area contributed by atoms with Gasteiger partial charge in [-0.1, -0.05) is 97.1 Å². The van der Waals surface area contributed by atoms with E-state index >= 15 is 0 Å². The fourth-order valence-electron chi connectivity index (χ4n) is 9.55. The number of benzene rings is 7. The number of para-hydroxylation sites is 2. The van der Waals surface area contributed by atoms with Crippen molar-refractivity contribution in [2.75, 3.05) is 0 Å². The standard InChI is InChI=1S/C45H29N3/c1-2-12-27-24-39-35(23-26(27)11-1)43-40(25-34-30-15-5-7-20-37(30)48-38-21-8-6-16-33(38)44(43)45(34)48)47(39)41-22-10-18-32-29-14-4-3-13-28(29)31-17-9-19-36(46-41)42(31)32/h1-9,11-17,19-21,23-25,32H,10,18,22H2/b46-41+. The van der Waals surface area contributed by atoms with Crippen LogP contribution in [0.1, 0.15) is 36.3 Å². The molecule has 0 radical (unpaired) electrons. The molecular weight excluding hydrogens is 583 g/mol. The first-order valence-corrected chi connectivity index (χ1v) is 17.2. The molecule has 7 aromatic carbocycles. The van der Waals surface area contributed by atoms with Gasteiger partial charge in [-0.05, 0) is 82.3 Å². The molecule has 4 heterocycles. The molecule has 0 amide bonds. The van der Waals surface area contributed by atoms with Gasteiger partial charge in [0, 0.05) is 44.7 Å². The van der Waals surface area contributed by atoms with E-state index in [0.29, 0.717) is 5.92 Å². The molecule has 0 bridgehead atoms. The van der Waals surface area contributed by atoms with Crippen molar-refractivity contribution in [1.29, 1.82) is 0 Å². The van der Waals surface area contributed by atoms with Crippen molar-refractivity contribution in [2.24, 2.45) is 4.99 Å². The summed E-state index contributed by atoms with van der Waals surface area (Å²) >= 11 is 0. The van der Waals surface area contributed by atoms with Gasteiger partial charge in [0.1, 0.15) is 5.84 Å². The lowest BCUT2D eigenvalue weighted by atomic mass is 9.89. The molecule has 0 saturated carbocycles. The van der Waals surface area contributed by atoms with Crippen LogP contribution in [0.3, 0.4) is 0 Å². The Balaban J connectivity index is 1.27.